The predicted molar refractivity (Wildman–Crippen MR) is 113 cm³/mol. The lowest BCUT2D eigenvalue weighted by atomic mass is 10.00. The van der Waals surface area contributed by atoms with E-state index in [4.69, 9.17) is 0 Å². The Kier molecular flexibility index (Phi) is 5.28. The molecule has 0 aliphatic carbocycles. The Labute approximate surface area is 165 Å². The van der Waals surface area contributed by atoms with Crippen molar-refractivity contribution in [2.45, 2.75) is 44.6 Å². The lowest BCUT2D eigenvalue weighted by molar-refractivity contribution is 0.0993. The van der Waals surface area contributed by atoms with Crippen LogP contribution >= 0.6 is 11.3 Å². The molecule has 0 atom stereocenters. The molecule has 0 spiro atoms. The average Bonchev–Trinajstić information content (AvgIpc) is 3.03. The summed E-state index contributed by atoms with van der Waals surface area (Å²) in [5.41, 5.74) is 3.50. The molecular weight excluding hydrogens is 376 g/mol. The number of hydrogen-bond donors (Lipinski definition) is 0. The van der Waals surface area contributed by atoms with Crippen molar-refractivity contribution in [3.63, 3.8) is 0 Å². The van der Waals surface area contributed by atoms with Crippen LogP contribution in [0.25, 0.3) is 10.1 Å². The van der Waals surface area contributed by atoms with Crippen LogP contribution in [0, 0.1) is 6.92 Å². The van der Waals surface area contributed by atoms with Gasteiger partial charge in [0.2, 0.25) is 0 Å². The summed E-state index contributed by atoms with van der Waals surface area (Å²) >= 11 is 1.71. The number of ketones is 1. The summed E-state index contributed by atoms with van der Waals surface area (Å²) in [5.74, 6) is 0.0214. The van der Waals surface area contributed by atoms with Crippen molar-refractivity contribution < 1.29 is 13.2 Å². The average molecular weight is 401 g/mol. The molecule has 0 unspecified atom stereocenters. The largest absolute Gasteiger partial charge is 0.294 e. The molecule has 1 aromatic heterocycles. The van der Waals surface area contributed by atoms with E-state index >= 15 is 0 Å². The van der Waals surface area contributed by atoms with E-state index in [2.05, 4.69) is 30.5 Å². The Morgan fingerprint density at radius 3 is 2.30 bits per heavy atom. The molecule has 5 heteroatoms. The van der Waals surface area contributed by atoms with Gasteiger partial charge in [0.1, 0.15) is 0 Å². The van der Waals surface area contributed by atoms with Gasteiger partial charge in [0.05, 0.1) is 10.5 Å². The highest BCUT2D eigenvalue weighted by Crippen LogP contribution is 2.27. The number of Topliss-reactive ketones (excluding diaryl/α,β-unsaturated/α-hetero) is 1. The second-order valence-electron chi connectivity index (χ2n) is 7.92. The van der Waals surface area contributed by atoms with Crippen LogP contribution in [0.5, 0.6) is 0 Å². The van der Waals surface area contributed by atoms with Gasteiger partial charge in [0.25, 0.3) is 0 Å². The zero-order valence-electron chi connectivity index (χ0n) is 16.1. The van der Waals surface area contributed by atoms with Crippen molar-refractivity contribution in [3.8, 4) is 0 Å². The lowest BCUT2D eigenvalue weighted by Crippen LogP contribution is -2.29. The van der Waals surface area contributed by atoms with Gasteiger partial charge in [-0.25, -0.2) is 8.42 Å². The van der Waals surface area contributed by atoms with Gasteiger partial charge in [-0.3, -0.25) is 4.79 Å². The van der Waals surface area contributed by atoms with Gasteiger partial charge in [-0.15, -0.1) is 11.3 Å². The maximum absolute atomic E-state index is 12.6. The first-order chi connectivity index (χ1) is 12.6. The summed E-state index contributed by atoms with van der Waals surface area (Å²) < 4.78 is 25.1. The molecule has 0 saturated heterocycles. The van der Waals surface area contributed by atoms with Crippen LogP contribution in [0.3, 0.4) is 0 Å². The summed E-state index contributed by atoms with van der Waals surface area (Å²) in [4.78, 5) is 12.6. The van der Waals surface area contributed by atoms with Crippen molar-refractivity contribution in [2.24, 2.45) is 0 Å². The second-order valence-corrected chi connectivity index (χ2v) is 11.6. The van der Waals surface area contributed by atoms with Gasteiger partial charge in [0.15, 0.2) is 15.6 Å². The number of carbonyl (C=O) groups is 1. The zero-order chi connectivity index (χ0) is 19.8. The maximum atomic E-state index is 12.6. The fourth-order valence-corrected chi connectivity index (χ4v) is 4.87. The first-order valence-electron chi connectivity index (χ1n) is 8.88. The third kappa shape index (κ3) is 4.30. The number of fused-ring (bicyclic) bond motifs is 1. The van der Waals surface area contributed by atoms with Crippen LogP contribution < -0.4 is 0 Å². The number of aryl methyl sites for hydroxylation is 1. The first kappa shape index (κ1) is 19.8. The number of sulfone groups is 1. The summed E-state index contributed by atoms with van der Waals surface area (Å²) in [7, 11) is -3.24. The van der Waals surface area contributed by atoms with Gasteiger partial charge in [0, 0.05) is 16.7 Å². The van der Waals surface area contributed by atoms with E-state index in [0.29, 0.717) is 17.5 Å². The Balaban J connectivity index is 1.75. The maximum Gasteiger partial charge on any atom is 0.167 e. The topological polar surface area (TPSA) is 51.2 Å². The Morgan fingerprint density at radius 1 is 1.00 bits per heavy atom. The van der Waals surface area contributed by atoms with Gasteiger partial charge < -0.3 is 0 Å². The van der Waals surface area contributed by atoms with E-state index in [-0.39, 0.29) is 11.5 Å². The summed E-state index contributed by atoms with van der Waals surface area (Å²) in [6, 6.07) is 13.2. The molecule has 3 rings (SSSR count). The van der Waals surface area contributed by atoms with E-state index in [1.807, 2.05) is 0 Å². The van der Waals surface area contributed by atoms with Crippen molar-refractivity contribution in [1.29, 1.82) is 0 Å². The molecule has 0 radical (unpaired) electrons. The van der Waals surface area contributed by atoms with Crippen molar-refractivity contribution in [3.05, 3.63) is 70.1 Å². The molecule has 3 aromatic rings. The number of hydrogen-bond acceptors (Lipinski definition) is 4. The first-order valence-corrected chi connectivity index (χ1v) is 11.4. The van der Waals surface area contributed by atoms with E-state index in [0.717, 1.165) is 5.56 Å². The molecule has 0 bridgehead atoms. The molecule has 0 N–H and O–H groups in total. The van der Waals surface area contributed by atoms with Gasteiger partial charge in [-0.2, -0.15) is 0 Å². The standard InChI is InChI=1S/C22H24O3S2/c1-15-11-17(12-19-9-10-26-21(15)19)13-20(23)18-7-5-16(6-8-18)14-27(24,25)22(2,3)4/h5-12H,13-14H2,1-4H3. The van der Waals surface area contributed by atoms with Crippen LogP contribution in [0.2, 0.25) is 0 Å². The summed E-state index contributed by atoms with van der Waals surface area (Å²) in [5, 5.41) is 3.23. The minimum atomic E-state index is -3.24. The van der Waals surface area contributed by atoms with E-state index < -0.39 is 14.6 Å². The Hall–Kier alpha value is -1.98. The molecule has 1 heterocycles. The van der Waals surface area contributed by atoms with Crippen LogP contribution in [0.15, 0.2) is 47.8 Å². The molecule has 27 heavy (non-hydrogen) atoms. The monoisotopic (exact) mass is 400 g/mol. The number of rotatable bonds is 5. The second kappa shape index (κ2) is 7.21. The van der Waals surface area contributed by atoms with Crippen LogP contribution in [0.1, 0.15) is 47.8 Å². The minimum absolute atomic E-state index is 0.0149. The number of carbonyl (C=O) groups excluding carboxylic acids is 1. The van der Waals surface area contributed by atoms with Gasteiger partial charge in [-0.1, -0.05) is 30.3 Å². The third-order valence-electron chi connectivity index (χ3n) is 4.73. The molecule has 142 valence electrons. The fraction of sp³-hybridized carbons (Fsp3) is 0.318. The van der Waals surface area contributed by atoms with Crippen molar-refractivity contribution >= 4 is 37.0 Å². The molecule has 2 aromatic carbocycles. The zero-order valence-corrected chi connectivity index (χ0v) is 17.7. The molecule has 0 fully saturated rings. The van der Waals surface area contributed by atoms with Crippen LogP contribution in [-0.4, -0.2) is 18.9 Å². The molecule has 3 nitrogen and oxygen atoms in total. The lowest BCUT2D eigenvalue weighted by Gasteiger charge is -2.19. The minimum Gasteiger partial charge on any atom is -0.294 e. The number of thiophene rings is 1. The molecule has 0 aliphatic rings. The highest BCUT2D eigenvalue weighted by Gasteiger charge is 2.28. The van der Waals surface area contributed by atoms with E-state index in [1.54, 1.807) is 56.4 Å². The smallest absolute Gasteiger partial charge is 0.167 e. The van der Waals surface area contributed by atoms with E-state index in [9.17, 15) is 13.2 Å². The molecular formula is C22H24O3S2. The summed E-state index contributed by atoms with van der Waals surface area (Å²) in [6.45, 7) is 7.17. The fourth-order valence-electron chi connectivity index (χ4n) is 2.95. The molecule has 0 aliphatic heterocycles. The summed E-state index contributed by atoms with van der Waals surface area (Å²) in [6.07, 6.45) is 0.340. The number of benzene rings is 2. The Bertz CT molecular complexity index is 1080. The quantitative estimate of drug-likeness (QED) is 0.543. The van der Waals surface area contributed by atoms with Crippen molar-refractivity contribution in [1.82, 2.24) is 0 Å². The SMILES string of the molecule is Cc1cc(CC(=O)c2ccc(CS(=O)(=O)C(C)(C)C)cc2)cc2ccsc12. The normalized spacial score (nSPS) is 12.4. The van der Waals surface area contributed by atoms with Crippen LogP contribution in [0.4, 0.5) is 0 Å². The third-order valence-corrected chi connectivity index (χ3v) is 8.37. The highest BCUT2D eigenvalue weighted by molar-refractivity contribution is 7.91. The van der Waals surface area contributed by atoms with Gasteiger partial charge >= 0.3 is 0 Å². The predicted octanol–water partition coefficient (Wildman–Crippen LogP) is 5.35. The molecule has 0 amide bonds. The van der Waals surface area contributed by atoms with Gasteiger partial charge in [-0.05, 0) is 67.3 Å². The van der Waals surface area contributed by atoms with Crippen LogP contribution in [-0.2, 0) is 22.0 Å². The van der Waals surface area contributed by atoms with Crippen molar-refractivity contribution in [2.75, 3.05) is 0 Å². The molecule has 0 saturated carbocycles. The Morgan fingerprint density at radius 2 is 1.67 bits per heavy atom. The van der Waals surface area contributed by atoms with E-state index in [1.165, 1.54) is 15.6 Å². The highest BCUT2D eigenvalue weighted by atomic mass is 32.2.